The number of hydrogen-bond donors (Lipinski definition) is 0. The molecule has 0 unspecified atom stereocenters. The van der Waals surface area contributed by atoms with Gasteiger partial charge >= 0.3 is 5.97 Å². The Morgan fingerprint density at radius 1 is 1.12 bits per heavy atom. The van der Waals surface area contributed by atoms with Crippen LogP contribution in [0.5, 0.6) is 0 Å². The van der Waals surface area contributed by atoms with Crippen molar-refractivity contribution in [3.8, 4) is 6.07 Å². The van der Waals surface area contributed by atoms with E-state index < -0.39 is 0 Å². The fourth-order valence-corrected chi connectivity index (χ4v) is 3.38. The van der Waals surface area contributed by atoms with Gasteiger partial charge in [0.25, 0.3) is 0 Å². The zero-order valence-corrected chi connectivity index (χ0v) is 14.8. The Bertz CT molecular complexity index is 787. The van der Waals surface area contributed by atoms with Crippen molar-refractivity contribution < 1.29 is 9.53 Å². The van der Waals surface area contributed by atoms with Crippen molar-refractivity contribution >= 4 is 12.0 Å². The summed E-state index contributed by atoms with van der Waals surface area (Å²) < 4.78 is 5.51. The molecule has 0 aliphatic heterocycles. The van der Waals surface area contributed by atoms with Crippen molar-refractivity contribution in [3.05, 3.63) is 77.4 Å². The van der Waals surface area contributed by atoms with Crippen molar-refractivity contribution in [1.82, 2.24) is 0 Å². The first-order valence-corrected chi connectivity index (χ1v) is 9.13. The summed E-state index contributed by atoms with van der Waals surface area (Å²) in [7, 11) is 0. The van der Waals surface area contributed by atoms with Crippen LogP contribution < -0.4 is 0 Å². The third-order valence-corrected chi connectivity index (χ3v) is 4.87. The molecule has 2 aromatic carbocycles. The largest absolute Gasteiger partial charge is 0.461 e. The Kier molecular flexibility index (Phi) is 6.22. The van der Waals surface area contributed by atoms with Gasteiger partial charge in [-0.25, -0.2) is 0 Å². The molecule has 1 saturated carbocycles. The minimum Gasteiger partial charge on any atom is -0.461 e. The lowest BCUT2D eigenvalue weighted by atomic mass is 9.81. The lowest BCUT2D eigenvalue weighted by Gasteiger charge is -2.25. The molecule has 3 rings (SSSR count). The number of nitrogens with zero attached hydrogens (tertiary/aromatic N) is 1. The van der Waals surface area contributed by atoms with Gasteiger partial charge in [-0.05, 0) is 48.4 Å². The van der Waals surface area contributed by atoms with Crippen LogP contribution in [-0.4, -0.2) is 5.97 Å². The molecule has 1 aliphatic rings. The Morgan fingerprint density at radius 3 is 2.62 bits per heavy atom. The molecule has 0 aromatic heterocycles. The second kappa shape index (κ2) is 9.01. The van der Waals surface area contributed by atoms with Crippen molar-refractivity contribution in [2.75, 3.05) is 0 Å². The first kappa shape index (κ1) is 17.9. The van der Waals surface area contributed by atoms with Crippen LogP contribution in [0.3, 0.4) is 0 Å². The molecule has 0 N–H and O–H groups in total. The predicted molar refractivity (Wildman–Crippen MR) is 102 cm³/mol. The molecule has 2 atom stereocenters. The molecular weight excluding hydrogens is 322 g/mol. The van der Waals surface area contributed by atoms with Gasteiger partial charge in [-0.1, -0.05) is 61.0 Å². The lowest BCUT2D eigenvalue weighted by Crippen LogP contribution is -2.24. The zero-order valence-electron chi connectivity index (χ0n) is 14.8. The highest BCUT2D eigenvalue weighted by Gasteiger charge is 2.27. The van der Waals surface area contributed by atoms with Crippen molar-refractivity contribution in [2.45, 2.75) is 32.3 Å². The number of carbonyl (C=O) groups excluding carboxylic acids is 1. The molecule has 3 heteroatoms. The van der Waals surface area contributed by atoms with Crippen LogP contribution in [0, 0.1) is 23.2 Å². The highest BCUT2D eigenvalue weighted by molar-refractivity contribution is 5.72. The SMILES string of the molecule is N#Cc1ccc(/C=C/[C@@H]2CCC[C@H](C(=O)OCc3ccccc3)C2)cc1. The number of rotatable bonds is 5. The molecule has 1 fully saturated rings. The van der Waals surface area contributed by atoms with Crippen LogP contribution in [0.15, 0.2) is 60.7 Å². The topological polar surface area (TPSA) is 50.1 Å². The van der Waals surface area contributed by atoms with Gasteiger partial charge in [0.1, 0.15) is 6.61 Å². The number of ether oxygens (including phenoxy) is 1. The Morgan fingerprint density at radius 2 is 1.88 bits per heavy atom. The molecule has 3 nitrogen and oxygen atoms in total. The van der Waals surface area contributed by atoms with Crippen LogP contribution in [0.1, 0.15) is 42.4 Å². The maximum absolute atomic E-state index is 12.4. The van der Waals surface area contributed by atoms with E-state index in [0.717, 1.165) is 36.8 Å². The molecule has 26 heavy (non-hydrogen) atoms. The zero-order chi connectivity index (χ0) is 18.2. The monoisotopic (exact) mass is 345 g/mol. The molecule has 0 saturated heterocycles. The second-order valence-corrected chi connectivity index (χ2v) is 6.81. The van der Waals surface area contributed by atoms with Gasteiger partial charge in [0.15, 0.2) is 0 Å². The lowest BCUT2D eigenvalue weighted by molar-refractivity contribution is -0.151. The Labute approximate surface area is 154 Å². The molecule has 0 amide bonds. The van der Waals surface area contributed by atoms with Gasteiger partial charge in [-0.2, -0.15) is 5.26 Å². The van der Waals surface area contributed by atoms with E-state index in [1.54, 1.807) is 0 Å². The quantitative estimate of drug-likeness (QED) is 0.707. The average molecular weight is 345 g/mol. The van der Waals surface area contributed by atoms with Gasteiger partial charge in [0.05, 0.1) is 17.6 Å². The Hall–Kier alpha value is -2.86. The van der Waals surface area contributed by atoms with E-state index in [0.29, 0.717) is 18.1 Å². The summed E-state index contributed by atoms with van der Waals surface area (Å²) in [5, 5.41) is 8.85. The van der Waals surface area contributed by atoms with E-state index >= 15 is 0 Å². The minimum atomic E-state index is -0.0784. The van der Waals surface area contributed by atoms with E-state index in [-0.39, 0.29) is 11.9 Å². The summed E-state index contributed by atoms with van der Waals surface area (Å²) in [5.41, 5.74) is 2.77. The summed E-state index contributed by atoms with van der Waals surface area (Å²) in [6.07, 6.45) is 8.19. The molecule has 132 valence electrons. The number of benzene rings is 2. The maximum atomic E-state index is 12.4. The fraction of sp³-hybridized carbons (Fsp3) is 0.304. The highest BCUT2D eigenvalue weighted by Crippen LogP contribution is 2.31. The molecule has 0 heterocycles. The molecule has 0 radical (unpaired) electrons. The van der Waals surface area contributed by atoms with E-state index in [1.807, 2.05) is 54.6 Å². The fourth-order valence-electron chi connectivity index (χ4n) is 3.38. The van der Waals surface area contributed by atoms with Crippen LogP contribution in [0.2, 0.25) is 0 Å². The molecule has 0 bridgehead atoms. The summed E-state index contributed by atoms with van der Waals surface area (Å²) in [6.45, 7) is 0.349. The van der Waals surface area contributed by atoms with Gasteiger partial charge in [-0.15, -0.1) is 0 Å². The van der Waals surface area contributed by atoms with Crippen LogP contribution >= 0.6 is 0 Å². The van der Waals surface area contributed by atoms with Crippen molar-refractivity contribution in [1.29, 1.82) is 5.26 Å². The smallest absolute Gasteiger partial charge is 0.309 e. The normalized spacial score (nSPS) is 19.8. The molecular formula is C23H23NO2. The number of allylic oxidation sites excluding steroid dienone is 1. The van der Waals surface area contributed by atoms with Crippen LogP contribution in [0.25, 0.3) is 6.08 Å². The predicted octanol–water partition coefficient (Wildman–Crippen LogP) is 5.12. The van der Waals surface area contributed by atoms with Crippen molar-refractivity contribution in [2.24, 2.45) is 11.8 Å². The number of esters is 1. The van der Waals surface area contributed by atoms with Crippen LogP contribution in [-0.2, 0) is 16.1 Å². The Balaban J connectivity index is 1.52. The van der Waals surface area contributed by atoms with Gasteiger partial charge in [0.2, 0.25) is 0 Å². The van der Waals surface area contributed by atoms with Gasteiger partial charge in [0, 0.05) is 0 Å². The first-order valence-electron chi connectivity index (χ1n) is 9.13. The highest BCUT2D eigenvalue weighted by atomic mass is 16.5. The minimum absolute atomic E-state index is 0.0110. The maximum Gasteiger partial charge on any atom is 0.309 e. The second-order valence-electron chi connectivity index (χ2n) is 6.81. The number of nitriles is 1. The van der Waals surface area contributed by atoms with E-state index in [2.05, 4.69) is 18.2 Å². The van der Waals surface area contributed by atoms with Crippen LogP contribution in [0.4, 0.5) is 0 Å². The summed E-state index contributed by atoms with van der Waals surface area (Å²) >= 11 is 0. The van der Waals surface area contributed by atoms with E-state index in [1.165, 1.54) is 0 Å². The van der Waals surface area contributed by atoms with E-state index in [9.17, 15) is 4.79 Å². The first-order chi connectivity index (χ1) is 12.7. The number of carbonyl (C=O) groups is 1. The van der Waals surface area contributed by atoms with Gasteiger partial charge < -0.3 is 4.74 Å². The van der Waals surface area contributed by atoms with Crippen molar-refractivity contribution in [3.63, 3.8) is 0 Å². The number of hydrogen-bond acceptors (Lipinski definition) is 3. The average Bonchev–Trinajstić information content (AvgIpc) is 2.72. The standard InChI is InChI=1S/C23H23NO2/c24-16-20-13-10-18(11-14-20)9-12-19-7-4-8-22(15-19)23(25)26-17-21-5-2-1-3-6-21/h1-3,5-6,9-14,19,22H,4,7-8,15,17H2/b12-9+/t19-,22-/m0/s1. The summed E-state index contributed by atoms with van der Waals surface area (Å²) in [5.74, 6) is 0.307. The summed E-state index contributed by atoms with van der Waals surface area (Å²) in [6, 6.07) is 19.5. The van der Waals surface area contributed by atoms with E-state index in [4.69, 9.17) is 10.00 Å². The summed E-state index contributed by atoms with van der Waals surface area (Å²) in [4.78, 5) is 12.4. The molecule has 2 aromatic rings. The van der Waals surface area contributed by atoms with Gasteiger partial charge in [-0.3, -0.25) is 4.79 Å². The third-order valence-electron chi connectivity index (χ3n) is 4.87. The molecule has 0 spiro atoms. The molecule has 1 aliphatic carbocycles. The third kappa shape index (κ3) is 5.07.